The topological polar surface area (TPSA) is 15.7 Å². The van der Waals surface area contributed by atoms with Crippen molar-refractivity contribution in [2.24, 2.45) is 11.3 Å². The highest BCUT2D eigenvalue weighted by atomic mass is 79.9. The van der Waals surface area contributed by atoms with E-state index in [-0.39, 0.29) is 5.82 Å². The van der Waals surface area contributed by atoms with Crippen LogP contribution in [0.5, 0.6) is 0 Å². The maximum absolute atomic E-state index is 14.0. The molecule has 1 spiro atoms. The van der Waals surface area contributed by atoms with Crippen LogP contribution in [0.3, 0.4) is 0 Å². The van der Waals surface area contributed by atoms with Crippen molar-refractivity contribution >= 4 is 15.9 Å². The third kappa shape index (κ3) is 3.78. The van der Waals surface area contributed by atoms with Gasteiger partial charge in [-0.2, -0.15) is 0 Å². The van der Waals surface area contributed by atoms with Crippen molar-refractivity contribution in [3.63, 3.8) is 0 Å². The highest BCUT2D eigenvalue weighted by molar-refractivity contribution is 9.10. The van der Waals surface area contributed by atoms with Crippen molar-refractivity contribution < 1.29 is 9.13 Å². The Labute approximate surface area is 146 Å². The molecule has 0 bridgehead atoms. The summed E-state index contributed by atoms with van der Waals surface area (Å²) in [5, 5.41) is 0. The van der Waals surface area contributed by atoms with Crippen molar-refractivity contribution in [3.05, 3.63) is 34.1 Å². The van der Waals surface area contributed by atoms with Gasteiger partial charge in [-0.3, -0.25) is 4.90 Å². The quantitative estimate of drug-likeness (QED) is 0.791. The maximum atomic E-state index is 14.0. The third-order valence-electron chi connectivity index (χ3n) is 5.60. The van der Waals surface area contributed by atoms with Crippen LogP contribution in [0.15, 0.2) is 22.7 Å². The zero-order valence-corrected chi connectivity index (χ0v) is 15.6. The Morgan fingerprint density at radius 3 is 2.78 bits per heavy atom. The molecule has 5 heteroatoms. The molecule has 0 aliphatic carbocycles. The minimum atomic E-state index is -0.105. The number of halogens is 2. The minimum absolute atomic E-state index is 0.105. The summed E-state index contributed by atoms with van der Waals surface area (Å²) in [6.45, 7) is 5.94. The fourth-order valence-corrected chi connectivity index (χ4v) is 4.77. The second-order valence-corrected chi connectivity index (χ2v) is 8.14. The summed E-state index contributed by atoms with van der Waals surface area (Å²) in [6.07, 6.45) is 2.36. The number of hydrogen-bond donors (Lipinski definition) is 0. The Balaban J connectivity index is 1.63. The average molecular weight is 385 g/mol. The Bertz CT molecular complexity index is 546. The molecule has 2 saturated heterocycles. The molecule has 2 aliphatic heterocycles. The van der Waals surface area contributed by atoms with Crippen LogP contribution in [0.2, 0.25) is 0 Å². The molecule has 3 nitrogen and oxygen atoms in total. The van der Waals surface area contributed by atoms with E-state index in [0.717, 1.165) is 36.3 Å². The lowest BCUT2D eigenvalue weighted by atomic mass is 9.71. The molecular formula is C18H26BrFN2O. The molecule has 0 amide bonds. The lowest BCUT2D eigenvalue weighted by Gasteiger charge is -2.42. The van der Waals surface area contributed by atoms with Gasteiger partial charge in [0, 0.05) is 42.7 Å². The fourth-order valence-electron chi connectivity index (χ4n) is 4.36. The molecule has 0 N–H and O–H groups in total. The number of rotatable bonds is 4. The SMILES string of the molecule is COCC1CN(C)CC12CCN(Cc1cc(Br)ccc1F)CC2. The van der Waals surface area contributed by atoms with E-state index < -0.39 is 0 Å². The van der Waals surface area contributed by atoms with Crippen molar-refractivity contribution in [1.29, 1.82) is 0 Å². The smallest absolute Gasteiger partial charge is 0.127 e. The van der Waals surface area contributed by atoms with Crippen LogP contribution < -0.4 is 0 Å². The second kappa shape index (κ2) is 7.18. The normalized spacial score (nSPS) is 25.3. The van der Waals surface area contributed by atoms with E-state index in [4.69, 9.17) is 4.74 Å². The van der Waals surface area contributed by atoms with Gasteiger partial charge >= 0.3 is 0 Å². The maximum Gasteiger partial charge on any atom is 0.127 e. The Morgan fingerprint density at radius 1 is 1.35 bits per heavy atom. The molecule has 2 fully saturated rings. The zero-order valence-electron chi connectivity index (χ0n) is 14.0. The number of likely N-dealkylation sites (tertiary alicyclic amines) is 2. The summed E-state index contributed by atoms with van der Waals surface area (Å²) in [7, 11) is 4.01. The number of benzene rings is 1. The molecule has 2 aliphatic rings. The molecule has 128 valence electrons. The standard InChI is InChI=1S/C18H26BrFN2O/c1-21-11-15(12-23-2)18(13-21)5-7-22(8-6-18)10-14-9-16(19)3-4-17(14)20/h3-4,9,15H,5-8,10-13H2,1-2H3. The van der Waals surface area contributed by atoms with Crippen molar-refractivity contribution in [3.8, 4) is 0 Å². The van der Waals surface area contributed by atoms with Gasteiger partial charge in [-0.25, -0.2) is 4.39 Å². The molecule has 1 unspecified atom stereocenters. The highest BCUT2D eigenvalue weighted by Gasteiger charge is 2.46. The first kappa shape index (κ1) is 17.3. The summed E-state index contributed by atoms with van der Waals surface area (Å²) in [5.41, 5.74) is 1.17. The van der Waals surface area contributed by atoms with Gasteiger partial charge in [-0.05, 0) is 56.6 Å². The lowest BCUT2D eigenvalue weighted by Crippen LogP contribution is -2.44. The molecule has 2 heterocycles. The predicted molar refractivity (Wildman–Crippen MR) is 93.9 cm³/mol. The number of piperidine rings is 1. The second-order valence-electron chi connectivity index (χ2n) is 7.22. The van der Waals surface area contributed by atoms with Crippen LogP contribution in [0.4, 0.5) is 4.39 Å². The molecule has 0 radical (unpaired) electrons. The Hall–Kier alpha value is -0.490. The molecule has 1 aromatic rings. The number of nitrogens with zero attached hydrogens (tertiary/aromatic N) is 2. The largest absolute Gasteiger partial charge is 0.384 e. The molecule has 1 aromatic carbocycles. The molecule has 1 atom stereocenters. The van der Waals surface area contributed by atoms with Gasteiger partial charge in [0.15, 0.2) is 0 Å². The van der Waals surface area contributed by atoms with Gasteiger partial charge < -0.3 is 9.64 Å². The molecule has 23 heavy (non-hydrogen) atoms. The van der Waals surface area contributed by atoms with Gasteiger partial charge in [0.2, 0.25) is 0 Å². The van der Waals surface area contributed by atoms with E-state index in [1.807, 2.05) is 6.07 Å². The summed E-state index contributed by atoms with van der Waals surface area (Å²) < 4.78 is 20.4. The number of ether oxygens (including phenoxy) is 1. The molecule has 3 rings (SSSR count). The van der Waals surface area contributed by atoms with E-state index in [1.165, 1.54) is 19.4 Å². The van der Waals surface area contributed by atoms with Gasteiger partial charge in [-0.1, -0.05) is 15.9 Å². The van der Waals surface area contributed by atoms with Crippen molar-refractivity contribution in [2.45, 2.75) is 19.4 Å². The van der Waals surface area contributed by atoms with Crippen molar-refractivity contribution in [1.82, 2.24) is 9.80 Å². The van der Waals surface area contributed by atoms with E-state index in [0.29, 0.717) is 17.9 Å². The Kier molecular flexibility index (Phi) is 5.41. The van der Waals surface area contributed by atoms with Crippen LogP contribution in [0.1, 0.15) is 18.4 Å². The summed E-state index contributed by atoms with van der Waals surface area (Å²) in [6, 6.07) is 5.20. The van der Waals surface area contributed by atoms with Gasteiger partial charge in [0.1, 0.15) is 5.82 Å². The van der Waals surface area contributed by atoms with Crippen LogP contribution >= 0.6 is 15.9 Å². The van der Waals surface area contributed by atoms with Crippen LogP contribution in [0.25, 0.3) is 0 Å². The first-order valence-electron chi connectivity index (χ1n) is 8.36. The summed E-state index contributed by atoms with van der Waals surface area (Å²) >= 11 is 3.44. The van der Waals surface area contributed by atoms with E-state index in [9.17, 15) is 4.39 Å². The minimum Gasteiger partial charge on any atom is -0.384 e. The molecule has 0 aromatic heterocycles. The van der Waals surface area contributed by atoms with E-state index in [1.54, 1.807) is 19.2 Å². The summed E-state index contributed by atoms with van der Waals surface area (Å²) in [5.74, 6) is 0.522. The zero-order chi connectivity index (χ0) is 16.4. The highest BCUT2D eigenvalue weighted by Crippen LogP contribution is 2.44. The predicted octanol–water partition coefficient (Wildman–Crippen LogP) is 3.38. The number of methoxy groups -OCH3 is 1. The van der Waals surface area contributed by atoms with E-state index in [2.05, 4.69) is 32.8 Å². The average Bonchev–Trinajstić information content (AvgIpc) is 2.81. The van der Waals surface area contributed by atoms with Gasteiger partial charge in [0.05, 0.1) is 6.61 Å². The molecular weight excluding hydrogens is 359 g/mol. The first-order valence-corrected chi connectivity index (χ1v) is 9.15. The monoisotopic (exact) mass is 384 g/mol. The Morgan fingerprint density at radius 2 is 2.09 bits per heavy atom. The van der Waals surface area contributed by atoms with Crippen LogP contribution in [-0.4, -0.2) is 56.7 Å². The van der Waals surface area contributed by atoms with Crippen molar-refractivity contribution in [2.75, 3.05) is 46.9 Å². The van der Waals surface area contributed by atoms with Gasteiger partial charge in [0.25, 0.3) is 0 Å². The van der Waals surface area contributed by atoms with Gasteiger partial charge in [-0.15, -0.1) is 0 Å². The first-order chi connectivity index (χ1) is 11.0. The third-order valence-corrected chi connectivity index (χ3v) is 6.10. The van der Waals surface area contributed by atoms with E-state index >= 15 is 0 Å². The van der Waals surface area contributed by atoms with Crippen LogP contribution in [0, 0.1) is 17.2 Å². The number of hydrogen-bond acceptors (Lipinski definition) is 3. The molecule has 0 saturated carbocycles. The fraction of sp³-hybridized carbons (Fsp3) is 0.667. The lowest BCUT2D eigenvalue weighted by molar-refractivity contribution is 0.0351. The van der Waals surface area contributed by atoms with Crippen LogP contribution in [-0.2, 0) is 11.3 Å². The summed E-state index contributed by atoms with van der Waals surface area (Å²) in [4.78, 5) is 4.83.